The molecule has 0 fully saturated rings. The first-order valence-electron chi connectivity index (χ1n) is 6.55. The van der Waals surface area contributed by atoms with Crippen LogP contribution in [0.1, 0.15) is 12.5 Å². The second kappa shape index (κ2) is 5.64. The number of rotatable bonds is 3. The van der Waals surface area contributed by atoms with Gasteiger partial charge in [0, 0.05) is 11.1 Å². The molecule has 0 bridgehead atoms. The molecule has 0 N–H and O–H groups in total. The molecule has 0 aliphatic carbocycles. The molecular weight excluding hydrogens is 313 g/mol. The van der Waals surface area contributed by atoms with Gasteiger partial charge in [0.2, 0.25) is 5.89 Å². The summed E-state index contributed by atoms with van der Waals surface area (Å²) >= 11 is 1.61. The number of benzene rings is 1. The van der Waals surface area contributed by atoms with E-state index in [-0.39, 0.29) is 17.1 Å². The van der Waals surface area contributed by atoms with Crippen molar-refractivity contribution in [1.82, 2.24) is 9.97 Å². The van der Waals surface area contributed by atoms with E-state index in [1.165, 1.54) is 0 Å². The normalized spacial score (nSPS) is 12.0. The molecule has 0 amide bonds. The molecule has 2 aromatic heterocycles. The summed E-state index contributed by atoms with van der Waals surface area (Å²) in [4.78, 5) is 8.89. The first-order chi connectivity index (χ1) is 10.5. The predicted octanol–water partition coefficient (Wildman–Crippen LogP) is 5.02. The van der Waals surface area contributed by atoms with E-state index in [4.69, 9.17) is 4.42 Å². The summed E-state index contributed by atoms with van der Waals surface area (Å²) < 4.78 is 43.6. The minimum Gasteiger partial charge on any atom is -0.434 e. The molecule has 0 aliphatic heterocycles. The van der Waals surface area contributed by atoms with Crippen molar-refractivity contribution in [2.45, 2.75) is 18.0 Å². The van der Waals surface area contributed by atoms with Crippen molar-refractivity contribution >= 4 is 23.0 Å². The lowest BCUT2D eigenvalue weighted by molar-refractivity contribution is -0.137. The molecule has 0 saturated carbocycles. The van der Waals surface area contributed by atoms with E-state index in [1.54, 1.807) is 11.8 Å². The van der Waals surface area contributed by atoms with Crippen LogP contribution in [0.5, 0.6) is 0 Å². The summed E-state index contributed by atoms with van der Waals surface area (Å²) in [6.07, 6.45) is -3.69. The Morgan fingerprint density at radius 2 is 2.00 bits per heavy atom. The smallest absolute Gasteiger partial charge is 0.418 e. The number of halogens is 3. The van der Waals surface area contributed by atoms with Gasteiger partial charge in [0.15, 0.2) is 11.2 Å². The fourth-order valence-electron chi connectivity index (χ4n) is 2.01. The van der Waals surface area contributed by atoms with Gasteiger partial charge in [-0.15, -0.1) is 11.8 Å². The first kappa shape index (κ1) is 14.9. The van der Waals surface area contributed by atoms with Crippen molar-refractivity contribution in [3.05, 3.63) is 42.1 Å². The van der Waals surface area contributed by atoms with Gasteiger partial charge in [0.25, 0.3) is 0 Å². The van der Waals surface area contributed by atoms with E-state index in [1.807, 2.05) is 31.2 Å². The lowest BCUT2D eigenvalue weighted by Crippen LogP contribution is -2.04. The number of hydrogen-bond donors (Lipinski definition) is 0. The van der Waals surface area contributed by atoms with Crippen LogP contribution in [0.2, 0.25) is 0 Å². The number of thioether (sulfide) groups is 1. The highest BCUT2D eigenvalue weighted by Gasteiger charge is 2.31. The molecule has 3 rings (SSSR count). The Balaban J connectivity index is 2.09. The highest BCUT2D eigenvalue weighted by atomic mass is 32.2. The van der Waals surface area contributed by atoms with Crippen LogP contribution >= 0.6 is 11.8 Å². The third kappa shape index (κ3) is 2.81. The highest BCUT2D eigenvalue weighted by molar-refractivity contribution is 7.99. The maximum Gasteiger partial charge on any atom is 0.418 e. The number of aromatic nitrogens is 2. The van der Waals surface area contributed by atoms with Crippen molar-refractivity contribution in [3.8, 4) is 11.5 Å². The largest absolute Gasteiger partial charge is 0.434 e. The van der Waals surface area contributed by atoms with Crippen molar-refractivity contribution in [2.24, 2.45) is 0 Å². The molecule has 3 aromatic rings. The zero-order valence-corrected chi connectivity index (χ0v) is 12.3. The van der Waals surface area contributed by atoms with Gasteiger partial charge in [-0.2, -0.15) is 18.2 Å². The van der Waals surface area contributed by atoms with Crippen LogP contribution in [-0.2, 0) is 6.18 Å². The highest BCUT2D eigenvalue weighted by Crippen LogP contribution is 2.34. The van der Waals surface area contributed by atoms with Gasteiger partial charge in [0.1, 0.15) is 0 Å². The molecule has 0 unspecified atom stereocenters. The standard InChI is InChI=1S/C15H11F3N2OS/c1-2-22-12-6-4-3-5-10(12)14-20-13-11(21-14)7-9(8-19-13)15(16,17)18/h3-8H,2H2,1H3. The molecule has 0 saturated heterocycles. The van der Waals surface area contributed by atoms with Crippen molar-refractivity contribution in [2.75, 3.05) is 5.75 Å². The van der Waals surface area contributed by atoms with Gasteiger partial charge in [-0.25, -0.2) is 4.98 Å². The Bertz CT molecular complexity index is 814. The first-order valence-corrected chi connectivity index (χ1v) is 7.53. The third-order valence-electron chi connectivity index (χ3n) is 2.99. The van der Waals surface area contributed by atoms with Crippen molar-refractivity contribution in [1.29, 1.82) is 0 Å². The van der Waals surface area contributed by atoms with E-state index in [2.05, 4.69) is 9.97 Å². The second-order valence-electron chi connectivity index (χ2n) is 4.49. The van der Waals surface area contributed by atoms with Crippen molar-refractivity contribution < 1.29 is 17.6 Å². The second-order valence-corrected chi connectivity index (χ2v) is 5.80. The maximum absolute atomic E-state index is 12.7. The Morgan fingerprint density at radius 3 is 2.73 bits per heavy atom. The number of oxazole rings is 1. The zero-order valence-electron chi connectivity index (χ0n) is 11.5. The number of pyridine rings is 1. The number of hydrogen-bond acceptors (Lipinski definition) is 4. The summed E-state index contributed by atoms with van der Waals surface area (Å²) in [5.41, 5.74) is 0.0975. The Hall–Kier alpha value is -2.02. The van der Waals surface area contributed by atoms with E-state index in [0.29, 0.717) is 0 Å². The molecule has 0 atom stereocenters. The fraction of sp³-hybridized carbons (Fsp3) is 0.200. The van der Waals surface area contributed by atoms with Gasteiger partial charge in [0.05, 0.1) is 11.1 Å². The quantitative estimate of drug-likeness (QED) is 0.634. The average Bonchev–Trinajstić information content (AvgIpc) is 2.90. The van der Waals surface area contributed by atoms with E-state index in [0.717, 1.165) is 28.5 Å². The van der Waals surface area contributed by atoms with E-state index in [9.17, 15) is 13.2 Å². The number of fused-ring (bicyclic) bond motifs is 1. The third-order valence-corrected chi connectivity index (χ3v) is 3.95. The van der Waals surface area contributed by atoms with Gasteiger partial charge in [-0.3, -0.25) is 0 Å². The van der Waals surface area contributed by atoms with Gasteiger partial charge in [-0.05, 0) is 24.0 Å². The molecule has 3 nitrogen and oxygen atoms in total. The van der Waals surface area contributed by atoms with Crippen LogP contribution < -0.4 is 0 Å². The van der Waals surface area contributed by atoms with Crippen LogP contribution in [0.15, 0.2) is 45.8 Å². The summed E-state index contributed by atoms with van der Waals surface area (Å²) in [6, 6.07) is 8.40. The topological polar surface area (TPSA) is 38.9 Å². The van der Waals surface area contributed by atoms with Gasteiger partial charge in [-0.1, -0.05) is 19.1 Å². The molecular formula is C15H11F3N2OS. The van der Waals surface area contributed by atoms with E-state index >= 15 is 0 Å². The molecule has 22 heavy (non-hydrogen) atoms. The molecule has 1 aromatic carbocycles. The van der Waals surface area contributed by atoms with Crippen LogP contribution in [0.4, 0.5) is 13.2 Å². The van der Waals surface area contributed by atoms with Crippen LogP contribution in [-0.4, -0.2) is 15.7 Å². The van der Waals surface area contributed by atoms with Gasteiger partial charge < -0.3 is 4.42 Å². The lowest BCUT2D eigenvalue weighted by Gasteiger charge is -2.04. The van der Waals surface area contributed by atoms with E-state index < -0.39 is 11.7 Å². The summed E-state index contributed by atoms with van der Waals surface area (Å²) in [5, 5.41) is 0. The number of alkyl halides is 3. The van der Waals surface area contributed by atoms with Crippen LogP contribution in [0, 0.1) is 0 Å². The van der Waals surface area contributed by atoms with Crippen LogP contribution in [0.3, 0.4) is 0 Å². The lowest BCUT2D eigenvalue weighted by atomic mass is 10.2. The minimum absolute atomic E-state index is 0.0288. The maximum atomic E-state index is 12.7. The fourth-order valence-corrected chi connectivity index (χ4v) is 2.81. The summed E-state index contributed by atoms with van der Waals surface area (Å²) in [7, 11) is 0. The Kier molecular flexibility index (Phi) is 3.82. The Labute approximate surface area is 128 Å². The SMILES string of the molecule is CCSc1ccccc1-c1nc2ncc(C(F)(F)F)cc2o1. The number of nitrogens with zero attached hydrogens (tertiary/aromatic N) is 2. The molecule has 7 heteroatoms. The minimum atomic E-state index is -4.45. The average molecular weight is 324 g/mol. The monoisotopic (exact) mass is 324 g/mol. The predicted molar refractivity (Wildman–Crippen MR) is 78.6 cm³/mol. The zero-order chi connectivity index (χ0) is 15.7. The molecule has 0 spiro atoms. The molecule has 114 valence electrons. The molecule has 2 heterocycles. The molecule has 0 radical (unpaired) electrons. The van der Waals surface area contributed by atoms with Crippen molar-refractivity contribution in [3.63, 3.8) is 0 Å². The van der Waals surface area contributed by atoms with Gasteiger partial charge >= 0.3 is 6.18 Å². The molecule has 0 aliphatic rings. The van der Waals surface area contributed by atoms with Crippen LogP contribution in [0.25, 0.3) is 22.7 Å². The Morgan fingerprint density at radius 1 is 1.23 bits per heavy atom. The summed E-state index contributed by atoms with van der Waals surface area (Å²) in [5.74, 6) is 1.15. The summed E-state index contributed by atoms with van der Waals surface area (Å²) in [6.45, 7) is 2.02.